The number of carbonyl (C=O) groups excluding carboxylic acids is 1. The van der Waals surface area contributed by atoms with E-state index in [2.05, 4.69) is 16.7 Å². The van der Waals surface area contributed by atoms with Crippen LogP contribution in [0.25, 0.3) is 0 Å². The lowest BCUT2D eigenvalue weighted by atomic mass is 9.99. The van der Waals surface area contributed by atoms with Crippen LogP contribution in [0.3, 0.4) is 0 Å². The number of amides is 1. The topological polar surface area (TPSA) is 50.4 Å². The second kappa shape index (κ2) is 5.83. The van der Waals surface area contributed by atoms with E-state index < -0.39 is 0 Å². The van der Waals surface area contributed by atoms with Crippen molar-refractivity contribution in [1.82, 2.24) is 10.6 Å². The molecule has 0 bridgehead atoms. The smallest absolute Gasteiger partial charge is 0.237 e. The third kappa shape index (κ3) is 3.73. The minimum Gasteiger partial charge on any atom is -0.493 e. The summed E-state index contributed by atoms with van der Waals surface area (Å²) in [4.78, 5) is 12.1. The van der Waals surface area contributed by atoms with Gasteiger partial charge in [0.05, 0.1) is 12.6 Å². The molecule has 20 heavy (non-hydrogen) atoms. The fraction of sp³-hybridized carbons (Fsp3) is 0.562. The summed E-state index contributed by atoms with van der Waals surface area (Å²) in [6, 6.07) is 7.94. The first-order valence-electron chi connectivity index (χ1n) is 7.16. The van der Waals surface area contributed by atoms with Gasteiger partial charge >= 0.3 is 0 Å². The van der Waals surface area contributed by atoms with Gasteiger partial charge < -0.3 is 10.1 Å². The van der Waals surface area contributed by atoms with Crippen LogP contribution in [0.1, 0.15) is 45.7 Å². The number of ether oxygens (including phenoxy) is 1. The Morgan fingerprint density at radius 3 is 2.75 bits per heavy atom. The van der Waals surface area contributed by atoms with E-state index in [-0.39, 0.29) is 23.5 Å². The van der Waals surface area contributed by atoms with Crippen molar-refractivity contribution in [2.45, 2.75) is 51.7 Å². The normalized spacial score (nSPS) is 19.7. The van der Waals surface area contributed by atoms with Gasteiger partial charge in [0.15, 0.2) is 0 Å². The van der Waals surface area contributed by atoms with E-state index in [4.69, 9.17) is 4.74 Å². The van der Waals surface area contributed by atoms with Crippen molar-refractivity contribution < 1.29 is 9.53 Å². The fourth-order valence-corrected chi connectivity index (χ4v) is 2.37. The molecule has 0 spiro atoms. The molecule has 2 atom stereocenters. The SMILES string of the molecule is CC(NC1CCOc2ccccc21)C(=O)NC(C)(C)C. The summed E-state index contributed by atoms with van der Waals surface area (Å²) in [7, 11) is 0. The Balaban J connectivity index is 2.02. The molecule has 0 radical (unpaired) electrons. The second-order valence-corrected chi connectivity index (χ2v) is 6.36. The zero-order valence-corrected chi connectivity index (χ0v) is 12.7. The van der Waals surface area contributed by atoms with Gasteiger partial charge in [0.1, 0.15) is 5.75 Å². The first-order chi connectivity index (χ1) is 9.37. The number of rotatable bonds is 3. The minimum atomic E-state index is -0.231. The summed E-state index contributed by atoms with van der Waals surface area (Å²) >= 11 is 0. The molecule has 0 aliphatic carbocycles. The molecule has 1 aliphatic heterocycles. The Kier molecular flexibility index (Phi) is 4.33. The lowest BCUT2D eigenvalue weighted by Crippen LogP contribution is -2.50. The van der Waals surface area contributed by atoms with Crippen molar-refractivity contribution in [3.05, 3.63) is 29.8 Å². The number of hydrogen-bond donors (Lipinski definition) is 2. The molecule has 4 heteroatoms. The van der Waals surface area contributed by atoms with Gasteiger partial charge in [-0.25, -0.2) is 0 Å². The molecular weight excluding hydrogens is 252 g/mol. The lowest BCUT2D eigenvalue weighted by Gasteiger charge is -2.30. The zero-order valence-electron chi connectivity index (χ0n) is 12.7. The predicted molar refractivity (Wildman–Crippen MR) is 79.8 cm³/mol. The van der Waals surface area contributed by atoms with E-state index >= 15 is 0 Å². The third-order valence-corrected chi connectivity index (χ3v) is 3.30. The Morgan fingerprint density at radius 1 is 1.35 bits per heavy atom. The molecule has 2 rings (SSSR count). The van der Waals surface area contributed by atoms with E-state index in [0.717, 1.165) is 17.7 Å². The van der Waals surface area contributed by atoms with Crippen LogP contribution in [0.2, 0.25) is 0 Å². The summed E-state index contributed by atoms with van der Waals surface area (Å²) in [5.74, 6) is 0.946. The maximum absolute atomic E-state index is 12.1. The van der Waals surface area contributed by atoms with Gasteiger partial charge in [-0.1, -0.05) is 18.2 Å². The molecule has 1 aliphatic rings. The van der Waals surface area contributed by atoms with Gasteiger partial charge in [0.2, 0.25) is 5.91 Å². The first kappa shape index (κ1) is 14.9. The molecule has 1 amide bonds. The molecule has 0 aromatic heterocycles. The Bertz CT molecular complexity index is 480. The van der Waals surface area contributed by atoms with Gasteiger partial charge in [-0.05, 0) is 33.8 Å². The highest BCUT2D eigenvalue weighted by atomic mass is 16.5. The highest BCUT2D eigenvalue weighted by molar-refractivity contribution is 5.82. The van der Waals surface area contributed by atoms with E-state index in [9.17, 15) is 4.79 Å². The predicted octanol–water partition coefficient (Wildman–Crippen LogP) is 2.40. The Labute approximate surface area is 120 Å². The minimum absolute atomic E-state index is 0.0291. The maximum atomic E-state index is 12.1. The lowest BCUT2D eigenvalue weighted by molar-refractivity contribution is -0.124. The molecule has 2 N–H and O–H groups in total. The fourth-order valence-electron chi connectivity index (χ4n) is 2.37. The molecule has 1 aromatic carbocycles. The molecular formula is C16H24N2O2. The van der Waals surface area contributed by atoms with Crippen molar-refractivity contribution in [2.24, 2.45) is 0 Å². The third-order valence-electron chi connectivity index (χ3n) is 3.30. The van der Waals surface area contributed by atoms with Crippen LogP contribution in [0.5, 0.6) is 5.75 Å². The van der Waals surface area contributed by atoms with Crippen LogP contribution in [0.4, 0.5) is 0 Å². The monoisotopic (exact) mass is 276 g/mol. The van der Waals surface area contributed by atoms with Gasteiger partial charge in [-0.2, -0.15) is 0 Å². The van der Waals surface area contributed by atoms with Gasteiger partial charge in [0, 0.05) is 23.6 Å². The molecule has 0 saturated carbocycles. The van der Waals surface area contributed by atoms with Gasteiger partial charge in [-0.15, -0.1) is 0 Å². The van der Waals surface area contributed by atoms with Crippen LogP contribution in [0.15, 0.2) is 24.3 Å². The summed E-state index contributed by atoms with van der Waals surface area (Å²) < 4.78 is 5.64. The van der Waals surface area contributed by atoms with Gasteiger partial charge in [0.25, 0.3) is 0 Å². The maximum Gasteiger partial charge on any atom is 0.237 e. The quantitative estimate of drug-likeness (QED) is 0.891. The van der Waals surface area contributed by atoms with Crippen LogP contribution in [0, 0.1) is 0 Å². The zero-order chi connectivity index (χ0) is 14.8. The number of carbonyl (C=O) groups is 1. The highest BCUT2D eigenvalue weighted by Gasteiger charge is 2.26. The molecule has 110 valence electrons. The van der Waals surface area contributed by atoms with Crippen molar-refractivity contribution in [2.75, 3.05) is 6.61 Å². The van der Waals surface area contributed by atoms with Crippen molar-refractivity contribution in [3.63, 3.8) is 0 Å². The molecule has 1 heterocycles. The van der Waals surface area contributed by atoms with E-state index in [1.807, 2.05) is 45.9 Å². The number of nitrogens with one attached hydrogen (secondary N) is 2. The van der Waals surface area contributed by atoms with E-state index in [0.29, 0.717) is 6.61 Å². The van der Waals surface area contributed by atoms with Crippen molar-refractivity contribution in [3.8, 4) is 5.75 Å². The largest absolute Gasteiger partial charge is 0.493 e. The number of benzene rings is 1. The van der Waals surface area contributed by atoms with E-state index in [1.54, 1.807) is 0 Å². The van der Waals surface area contributed by atoms with E-state index in [1.165, 1.54) is 0 Å². The summed E-state index contributed by atoms with van der Waals surface area (Å²) in [6.07, 6.45) is 0.879. The molecule has 0 saturated heterocycles. The highest BCUT2D eigenvalue weighted by Crippen LogP contribution is 2.31. The van der Waals surface area contributed by atoms with Crippen molar-refractivity contribution >= 4 is 5.91 Å². The van der Waals surface area contributed by atoms with Crippen LogP contribution in [-0.4, -0.2) is 24.1 Å². The molecule has 0 fully saturated rings. The Morgan fingerprint density at radius 2 is 2.05 bits per heavy atom. The number of fused-ring (bicyclic) bond motifs is 1. The van der Waals surface area contributed by atoms with Crippen LogP contribution < -0.4 is 15.4 Å². The average molecular weight is 276 g/mol. The summed E-state index contributed by atoms with van der Waals surface area (Å²) in [5.41, 5.74) is 0.926. The summed E-state index contributed by atoms with van der Waals surface area (Å²) in [5, 5.41) is 6.41. The van der Waals surface area contributed by atoms with Crippen molar-refractivity contribution in [1.29, 1.82) is 0 Å². The van der Waals surface area contributed by atoms with Crippen LogP contribution >= 0.6 is 0 Å². The summed E-state index contributed by atoms with van der Waals surface area (Å²) in [6.45, 7) is 8.55. The second-order valence-electron chi connectivity index (χ2n) is 6.36. The molecule has 1 aromatic rings. The number of para-hydroxylation sites is 1. The first-order valence-corrected chi connectivity index (χ1v) is 7.16. The van der Waals surface area contributed by atoms with Crippen LogP contribution in [-0.2, 0) is 4.79 Å². The van der Waals surface area contributed by atoms with Gasteiger partial charge in [-0.3, -0.25) is 10.1 Å². The average Bonchev–Trinajstić information content (AvgIpc) is 2.37. The molecule has 2 unspecified atom stereocenters. The standard InChI is InChI=1S/C16H24N2O2/c1-11(15(19)18-16(2,3)4)17-13-9-10-20-14-8-6-5-7-12(13)14/h5-8,11,13,17H,9-10H2,1-4H3,(H,18,19). The Hall–Kier alpha value is -1.55. The number of hydrogen-bond acceptors (Lipinski definition) is 3. The molecule has 4 nitrogen and oxygen atoms in total.